The van der Waals surface area contributed by atoms with Gasteiger partial charge in [-0.1, -0.05) is 15.9 Å². The minimum atomic E-state index is -3.27. The quantitative estimate of drug-likeness (QED) is 0.732. The highest BCUT2D eigenvalue weighted by Gasteiger charge is 2.30. The second kappa shape index (κ2) is 5.49. The first-order valence-electron chi connectivity index (χ1n) is 5.40. The van der Waals surface area contributed by atoms with Crippen LogP contribution in [0.3, 0.4) is 0 Å². The van der Waals surface area contributed by atoms with Crippen molar-refractivity contribution < 1.29 is 13.2 Å². The van der Waals surface area contributed by atoms with E-state index in [1.165, 1.54) is 6.92 Å². The van der Waals surface area contributed by atoms with E-state index >= 15 is 0 Å². The maximum Gasteiger partial charge on any atom is 0.240 e. The molecule has 0 aromatic rings. The molecule has 1 heterocycles. The molecular formula is C10H18BrNO3S. The molecule has 0 spiro atoms. The Kier molecular flexibility index (Phi) is 4.79. The van der Waals surface area contributed by atoms with Crippen LogP contribution >= 0.6 is 15.9 Å². The lowest BCUT2D eigenvalue weighted by atomic mass is 9.99. The van der Waals surface area contributed by atoms with Crippen LogP contribution in [0.1, 0.15) is 19.8 Å². The predicted molar refractivity (Wildman–Crippen MR) is 67.4 cm³/mol. The normalized spacial score (nSPS) is 20.8. The molecule has 94 valence electrons. The van der Waals surface area contributed by atoms with E-state index in [0.29, 0.717) is 19.0 Å². The van der Waals surface area contributed by atoms with Crippen LogP contribution in [0.2, 0.25) is 0 Å². The van der Waals surface area contributed by atoms with Crippen molar-refractivity contribution in [1.29, 1.82) is 0 Å². The van der Waals surface area contributed by atoms with Gasteiger partial charge in [0.1, 0.15) is 5.25 Å². The molecule has 4 nitrogen and oxygen atoms in total. The summed E-state index contributed by atoms with van der Waals surface area (Å²) in [6, 6.07) is 0. The van der Waals surface area contributed by atoms with Gasteiger partial charge >= 0.3 is 0 Å². The maximum absolute atomic E-state index is 11.9. The summed E-state index contributed by atoms with van der Waals surface area (Å²) in [5.41, 5.74) is 0. The van der Waals surface area contributed by atoms with Crippen LogP contribution in [0.15, 0.2) is 0 Å². The first kappa shape index (κ1) is 14.0. The Morgan fingerprint density at radius 3 is 2.31 bits per heavy atom. The standard InChI is InChI=1S/C10H18BrNO3S/c1-8(16(2,14)15)10(13)12-5-3-9(7-11)4-6-12/h8-9H,3-7H2,1-2H3. The second-order valence-corrected chi connectivity index (χ2v) is 7.41. The average Bonchev–Trinajstić information content (AvgIpc) is 2.26. The van der Waals surface area contributed by atoms with Gasteiger partial charge in [-0.2, -0.15) is 0 Å². The van der Waals surface area contributed by atoms with Crippen molar-refractivity contribution in [3.8, 4) is 0 Å². The predicted octanol–water partition coefficient (Wildman–Crippen LogP) is 1.05. The van der Waals surface area contributed by atoms with Crippen LogP contribution in [-0.2, 0) is 14.6 Å². The van der Waals surface area contributed by atoms with Gasteiger partial charge in [0.25, 0.3) is 0 Å². The highest BCUT2D eigenvalue weighted by atomic mass is 79.9. The first-order chi connectivity index (χ1) is 7.36. The number of sulfone groups is 1. The fraction of sp³-hybridized carbons (Fsp3) is 0.900. The van der Waals surface area contributed by atoms with Gasteiger partial charge in [-0.3, -0.25) is 4.79 Å². The van der Waals surface area contributed by atoms with Gasteiger partial charge in [-0.15, -0.1) is 0 Å². The highest BCUT2D eigenvalue weighted by molar-refractivity contribution is 9.09. The molecule has 0 aliphatic carbocycles. The third-order valence-corrected chi connectivity index (χ3v) is 5.54. The van der Waals surface area contributed by atoms with Gasteiger partial charge < -0.3 is 4.90 Å². The first-order valence-corrected chi connectivity index (χ1v) is 8.47. The molecule has 1 aliphatic rings. The summed E-state index contributed by atoms with van der Waals surface area (Å²) in [6.07, 6.45) is 3.02. The minimum Gasteiger partial charge on any atom is -0.342 e. The molecule has 0 bridgehead atoms. The SMILES string of the molecule is CC(C(=O)N1CCC(CBr)CC1)S(C)(=O)=O. The molecule has 1 atom stereocenters. The van der Waals surface area contributed by atoms with Crippen molar-refractivity contribution >= 4 is 31.7 Å². The number of rotatable bonds is 3. The summed E-state index contributed by atoms with van der Waals surface area (Å²) in [7, 11) is -3.27. The molecule has 1 unspecified atom stereocenters. The third kappa shape index (κ3) is 3.45. The number of likely N-dealkylation sites (tertiary alicyclic amines) is 1. The second-order valence-electron chi connectivity index (χ2n) is 4.39. The summed E-state index contributed by atoms with van der Waals surface area (Å²) in [5.74, 6) is 0.355. The number of amides is 1. The summed E-state index contributed by atoms with van der Waals surface area (Å²) in [6.45, 7) is 2.82. The Morgan fingerprint density at radius 2 is 1.94 bits per heavy atom. The zero-order valence-corrected chi connectivity index (χ0v) is 12.1. The van der Waals surface area contributed by atoms with Crippen LogP contribution in [0, 0.1) is 5.92 Å². The lowest BCUT2D eigenvalue weighted by Crippen LogP contribution is -2.45. The molecular weight excluding hydrogens is 294 g/mol. The molecule has 0 aromatic heterocycles. The van der Waals surface area contributed by atoms with Gasteiger partial charge in [0.15, 0.2) is 9.84 Å². The molecule has 0 radical (unpaired) electrons. The van der Waals surface area contributed by atoms with Gasteiger partial charge in [0, 0.05) is 24.7 Å². The van der Waals surface area contributed by atoms with Crippen molar-refractivity contribution in [1.82, 2.24) is 4.90 Å². The van der Waals surface area contributed by atoms with E-state index in [0.717, 1.165) is 24.4 Å². The van der Waals surface area contributed by atoms with Crippen molar-refractivity contribution in [2.24, 2.45) is 5.92 Å². The molecule has 1 aliphatic heterocycles. The monoisotopic (exact) mass is 311 g/mol. The van der Waals surface area contributed by atoms with Gasteiger partial charge in [-0.25, -0.2) is 8.42 Å². The number of hydrogen-bond donors (Lipinski definition) is 0. The lowest BCUT2D eigenvalue weighted by Gasteiger charge is -2.32. The van der Waals surface area contributed by atoms with E-state index < -0.39 is 15.1 Å². The topological polar surface area (TPSA) is 54.5 Å². The Hall–Kier alpha value is -0.100. The van der Waals surface area contributed by atoms with E-state index in [4.69, 9.17) is 0 Å². The van der Waals surface area contributed by atoms with Gasteiger partial charge in [0.2, 0.25) is 5.91 Å². The number of piperidine rings is 1. The lowest BCUT2D eigenvalue weighted by molar-refractivity contribution is -0.131. The Bertz CT molecular complexity index is 347. The van der Waals surface area contributed by atoms with Crippen LogP contribution in [0.5, 0.6) is 0 Å². The molecule has 1 rings (SSSR count). The van der Waals surface area contributed by atoms with Crippen LogP contribution in [-0.4, -0.2) is 49.2 Å². The number of halogens is 1. The molecule has 1 saturated heterocycles. The Labute approximate surface area is 105 Å². The van der Waals surface area contributed by atoms with Crippen LogP contribution < -0.4 is 0 Å². The maximum atomic E-state index is 11.9. The van der Waals surface area contributed by atoms with Crippen molar-refractivity contribution in [3.63, 3.8) is 0 Å². The van der Waals surface area contributed by atoms with Crippen molar-refractivity contribution in [3.05, 3.63) is 0 Å². The number of nitrogens with zero attached hydrogens (tertiary/aromatic N) is 1. The minimum absolute atomic E-state index is 0.254. The summed E-state index contributed by atoms with van der Waals surface area (Å²) < 4.78 is 22.6. The zero-order chi connectivity index (χ0) is 12.3. The molecule has 0 saturated carbocycles. The van der Waals surface area contributed by atoms with Crippen LogP contribution in [0.25, 0.3) is 0 Å². The molecule has 0 N–H and O–H groups in total. The molecule has 1 fully saturated rings. The number of carbonyl (C=O) groups is 1. The number of alkyl halides is 1. The highest BCUT2D eigenvalue weighted by Crippen LogP contribution is 2.20. The van der Waals surface area contributed by atoms with Gasteiger partial charge in [0.05, 0.1) is 0 Å². The summed E-state index contributed by atoms with van der Waals surface area (Å²) in [4.78, 5) is 13.5. The average molecular weight is 312 g/mol. The molecule has 6 heteroatoms. The molecule has 0 aromatic carbocycles. The largest absolute Gasteiger partial charge is 0.342 e. The van der Waals surface area contributed by atoms with E-state index in [1.54, 1.807) is 4.90 Å². The van der Waals surface area contributed by atoms with Crippen LogP contribution in [0.4, 0.5) is 0 Å². The third-order valence-electron chi connectivity index (χ3n) is 3.13. The van der Waals surface area contributed by atoms with Crippen molar-refractivity contribution in [2.75, 3.05) is 24.7 Å². The van der Waals surface area contributed by atoms with Crippen molar-refractivity contribution in [2.45, 2.75) is 25.0 Å². The molecule has 1 amide bonds. The zero-order valence-electron chi connectivity index (χ0n) is 9.65. The van der Waals surface area contributed by atoms with E-state index in [9.17, 15) is 13.2 Å². The molecule has 16 heavy (non-hydrogen) atoms. The van der Waals surface area contributed by atoms with E-state index in [1.807, 2.05) is 0 Å². The van der Waals surface area contributed by atoms with E-state index in [-0.39, 0.29) is 5.91 Å². The summed E-state index contributed by atoms with van der Waals surface area (Å²) >= 11 is 3.43. The number of hydrogen-bond acceptors (Lipinski definition) is 3. The van der Waals surface area contributed by atoms with Gasteiger partial charge in [-0.05, 0) is 25.7 Å². The van der Waals surface area contributed by atoms with E-state index in [2.05, 4.69) is 15.9 Å². The summed E-state index contributed by atoms with van der Waals surface area (Å²) in [5, 5.41) is 0.0458. The Balaban J connectivity index is 2.57. The fourth-order valence-electron chi connectivity index (χ4n) is 1.75. The Morgan fingerprint density at radius 1 is 1.44 bits per heavy atom. The smallest absolute Gasteiger partial charge is 0.240 e. The number of carbonyl (C=O) groups excluding carboxylic acids is 1. The fourth-order valence-corrected chi connectivity index (χ4v) is 2.91.